The molecule has 0 aromatic heterocycles. The number of nitrogens with zero attached hydrogens (tertiary/aromatic N) is 3. The van der Waals surface area contributed by atoms with Crippen LogP contribution in [0.3, 0.4) is 0 Å². The summed E-state index contributed by atoms with van der Waals surface area (Å²) in [5.41, 5.74) is 2.31. The molecule has 5 heteroatoms. The van der Waals surface area contributed by atoms with Gasteiger partial charge in [0.1, 0.15) is 5.69 Å². The molecule has 0 spiro atoms. The van der Waals surface area contributed by atoms with Crippen LogP contribution in [0.25, 0.3) is 21.5 Å². The average molecular weight is 476 g/mol. The molecule has 0 saturated heterocycles. The number of hydrogen-bond acceptors (Lipinski definition) is 4. The Bertz CT molecular complexity index is 1230. The molecule has 0 aliphatic rings. The van der Waals surface area contributed by atoms with Crippen LogP contribution in [0.5, 0.6) is 5.75 Å². The van der Waals surface area contributed by atoms with Gasteiger partial charge in [0.05, 0.1) is 5.69 Å². The van der Waals surface area contributed by atoms with Crippen LogP contribution >= 0.6 is 15.9 Å². The van der Waals surface area contributed by atoms with Crippen molar-refractivity contribution in [3.63, 3.8) is 0 Å². The third-order valence-electron chi connectivity index (χ3n) is 5.36. The van der Waals surface area contributed by atoms with Crippen molar-refractivity contribution in [2.75, 3.05) is 18.0 Å². The number of halogens is 1. The standard InChI is InChI=1S/C26H26BrN3O/c1-3-13-30(14-4-2)25-17-24(29-28-21-11-9-20(27)10-12-21)26(31)23-16-19-8-6-5-7-18(19)15-22(23)25/h5-12,15-17,31H,3-4,13-14H2,1-2H3. The minimum absolute atomic E-state index is 0.165. The van der Waals surface area contributed by atoms with Gasteiger partial charge in [-0.25, -0.2) is 0 Å². The molecule has 4 aromatic rings. The Kier molecular flexibility index (Phi) is 6.52. The Hall–Kier alpha value is -2.92. The average Bonchev–Trinajstić information content (AvgIpc) is 2.79. The number of phenols is 1. The van der Waals surface area contributed by atoms with Gasteiger partial charge >= 0.3 is 0 Å². The van der Waals surface area contributed by atoms with Gasteiger partial charge in [-0.2, -0.15) is 5.11 Å². The van der Waals surface area contributed by atoms with Crippen molar-refractivity contribution in [2.45, 2.75) is 26.7 Å². The molecule has 0 aliphatic heterocycles. The molecule has 0 fully saturated rings. The Morgan fingerprint density at radius 3 is 2.03 bits per heavy atom. The first-order chi connectivity index (χ1) is 15.1. The van der Waals surface area contributed by atoms with E-state index in [1.165, 1.54) is 0 Å². The van der Waals surface area contributed by atoms with E-state index in [0.29, 0.717) is 5.69 Å². The molecule has 0 aliphatic carbocycles. The number of rotatable bonds is 7. The fourth-order valence-corrected chi connectivity index (χ4v) is 4.18. The van der Waals surface area contributed by atoms with Gasteiger partial charge in [0.2, 0.25) is 0 Å². The molecule has 31 heavy (non-hydrogen) atoms. The van der Waals surface area contributed by atoms with E-state index in [4.69, 9.17) is 0 Å². The Balaban J connectivity index is 1.92. The van der Waals surface area contributed by atoms with Gasteiger partial charge in [0.25, 0.3) is 0 Å². The summed E-state index contributed by atoms with van der Waals surface area (Å²) in [7, 11) is 0. The second-order valence-electron chi connectivity index (χ2n) is 7.67. The van der Waals surface area contributed by atoms with Crippen LogP contribution in [0.15, 0.2) is 81.4 Å². The monoisotopic (exact) mass is 475 g/mol. The van der Waals surface area contributed by atoms with Crippen LogP contribution in [-0.2, 0) is 0 Å². The van der Waals surface area contributed by atoms with Crippen molar-refractivity contribution in [3.8, 4) is 5.75 Å². The minimum Gasteiger partial charge on any atom is -0.505 e. The molecular formula is C26H26BrN3O. The van der Waals surface area contributed by atoms with Gasteiger partial charge in [0, 0.05) is 34.0 Å². The largest absolute Gasteiger partial charge is 0.505 e. The number of fused-ring (bicyclic) bond motifs is 2. The predicted octanol–water partition coefficient (Wildman–Crippen LogP) is 8.50. The molecule has 0 bridgehead atoms. The molecule has 0 unspecified atom stereocenters. The highest BCUT2D eigenvalue weighted by atomic mass is 79.9. The van der Waals surface area contributed by atoms with Gasteiger partial charge in [-0.1, -0.05) is 54.0 Å². The molecule has 0 heterocycles. The van der Waals surface area contributed by atoms with Crippen molar-refractivity contribution in [1.82, 2.24) is 0 Å². The SMILES string of the molecule is CCCN(CCC)c1cc(N=Nc2ccc(Br)cc2)c(O)c2cc3ccccc3cc12. The quantitative estimate of drug-likeness (QED) is 0.215. The number of hydrogen-bond donors (Lipinski definition) is 1. The van der Waals surface area contributed by atoms with Gasteiger partial charge in [0.15, 0.2) is 5.75 Å². The second kappa shape index (κ2) is 9.48. The summed E-state index contributed by atoms with van der Waals surface area (Å²) in [6.07, 6.45) is 2.09. The van der Waals surface area contributed by atoms with Crippen LogP contribution in [0.2, 0.25) is 0 Å². The first kappa shape index (κ1) is 21.3. The summed E-state index contributed by atoms with van der Waals surface area (Å²) in [6, 6.07) is 22.1. The highest BCUT2D eigenvalue weighted by Gasteiger charge is 2.16. The van der Waals surface area contributed by atoms with Crippen LogP contribution in [0.4, 0.5) is 17.1 Å². The van der Waals surface area contributed by atoms with Crippen LogP contribution in [0, 0.1) is 0 Å². The zero-order chi connectivity index (χ0) is 21.8. The normalized spacial score (nSPS) is 11.6. The molecule has 0 radical (unpaired) electrons. The Morgan fingerprint density at radius 2 is 1.42 bits per heavy atom. The van der Waals surface area contributed by atoms with E-state index >= 15 is 0 Å². The molecule has 0 saturated carbocycles. The lowest BCUT2D eigenvalue weighted by molar-refractivity contribution is 0.482. The van der Waals surface area contributed by atoms with E-state index in [2.05, 4.69) is 69.2 Å². The molecule has 4 nitrogen and oxygen atoms in total. The zero-order valence-electron chi connectivity index (χ0n) is 17.8. The van der Waals surface area contributed by atoms with Crippen molar-refractivity contribution < 1.29 is 5.11 Å². The molecule has 0 amide bonds. The fraction of sp³-hybridized carbons (Fsp3) is 0.231. The minimum atomic E-state index is 0.165. The number of anilines is 1. The van der Waals surface area contributed by atoms with E-state index in [1.54, 1.807) is 0 Å². The first-order valence-corrected chi connectivity index (χ1v) is 11.5. The van der Waals surface area contributed by atoms with Crippen molar-refractivity contribution >= 4 is 54.5 Å². The highest BCUT2D eigenvalue weighted by Crippen LogP contribution is 2.43. The summed E-state index contributed by atoms with van der Waals surface area (Å²) < 4.78 is 0.990. The van der Waals surface area contributed by atoms with E-state index in [0.717, 1.165) is 63.3 Å². The zero-order valence-corrected chi connectivity index (χ0v) is 19.4. The summed E-state index contributed by atoms with van der Waals surface area (Å²) in [5.74, 6) is 0.165. The van der Waals surface area contributed by atoms with E-state index in [1.807, 2.05) is 42.5 Å². The second-order valence-corrected chi connectivity index (χ2v) is 8.59. The highest BCUT2D eigenvalue weighted by molar-refractivity contribution is 9.10. The van der Waals surface area contributed by atoms with E-state index in [9.17, 15) is 5.11 Å². The maximum absolute atomic E-state index is 11.1. The lowest BCUT2D eigenvalue weighted by Gasteiger charge is -2.26. The maximum Gasteiger partial charge on any atom is 0.151 e. The molecular weight excluding hydrogens is 450 g/mol. The van der Waals surface area contributed by atoms with Crippen LogP contribution in [0.1, 0.15) is 26.7 Å². The molecule has 4 aromatic carbocycles. The lowest BCUT2D eigenvalue weighted by Crippen LogP contribution is -2.25. The maximum atomic E-state index is 11.1. The molecule has 0 atom stereocenters. The molecule has 4 rings (SSSR count). The number of azo groups is 1. The smallest absolute Gasteiger partial charge is 0.151 e. The molecule has 1 N–H and O–H groups in total. The van der Waals surface area contributed by atoms with Crippen LogP contribution in [-0.4, -0.2) is 18.2 Å². The predicted molar refractivity (Wildman–Crippen MR) is 134 cm³/mol. The summed E-state index contributed by atoms with van der Waals surface area (Å²) in [6.45, 7) is 6.28. The van der Waals surface area contributed by atoms with Gasteiger partial charge in [-0.3, -0.25) is 0 Å². The summed E-state index contributed by atoms with van der Waals surface area (Å²) >= 11 is 3.44. The number of aromatic hydroxyl groups is 1. The Labute approximate surface area is 191 Å². The number of phenolic OH excluding ortho intramolecular Hbond substituents is 1. The topological polar surface area (TPSA) is 48.2 Å². The third-order valence-corrected chi connectivity index (χ3v) is 5.89. The third kappa shape index (κ3) is 4.57. The van der Waals surface area contributed by atoms with Crippen LogP contribution < -0.4 is 4.90 Å². The van der Waals surface area contributed by atoms with Crippen molar-refractivity contribution in [3.05, 3.63) is 71.2 Å². The Morgan fingerprint density at radius 1 is 0.806 bits per heavy atom. The lowest BCUT2D eigenvalue weighted by atomic mass is 10.00. The fourth-order valence-electron chi connectivity index (χ4n) is 3.91. The van der Waals surface area contributed by atoms with Gasteiger partial charge in [-0.05, 0) is 66.1 Å². The van der Waals surface area contributed by atoms with E-state index < -0.39 is 0 Å². The summed E-state index contributed by atoms with van der Waals surface area (Å²) in [4.78, 5) is 2.38. The van der Waals surface area contributed by atoms with Crippen molar-refractivity contribution in [1.29, 1.82) is 0 Å². The van der Waals surface area contributed by atoms with Gasteiger partial charge < -0.3 is 10.0 Å². The summed E-state index contributed by atoms with van der Waals surface area (Å²) in [5, 5.41) is 24.0. The van der Waals surface area contributed by atoms with E-state index in [-0.39, 0.29) is 5.75 Å². The number of benzene rings is 4. The molecule has 158 valence electrons. The van der Waals surface area contributed by atoms with Gasteiger partial charge in [-0.15, -0.1) is 5.11 Å². The first-order valence-electron chi connectivity index (χ1n) is 10.7. The van der Waals surface area contributed by atoms with Crippen molar-refractivity contribution in [2.24, 2.45) is 10.2 Å².